The van der Waals surface area contributed by atoms with Crippen LogP contribution in [0.3, 0.4) is 0 Å². The first-order chi connectivity index (χ1) is 6.79. The molecule has 2 rings (SSSR count). The van der Waals surface area contributed by atoms with E-state index in [-0.39, 0.29) is 17.9 Å². The Morgan fingerprint density at radius 3 is 3.00 bits per heavy atom. The van der Waals surface area contributed by atoms with Gasteiger partial charge in [-0.3, -0.25) is 0 Å². The first kappa shape index (κ1) is 9.68. The van der Waals surface area contributed by atoms with Crippen molar-refractivity contribution < 1.29 is 5.11 Å². The Balaban J connectivity index is 2.01. The number of aliphatic hydroxyl groups excluding tert-OH is 1. The van der Waals surface area contributed by atoms with Gasteiger partial charge in [0.2, 0.25) is 5.28 Å². The van der Waals surface area contributed by atoms with Crippen LogP contribution >= 0.6 is 11.6 Å². The maximum absolute atomic E-state index is 9.13. The quantitative estimate of drug-likeness (QED) is 0.741. The van der Waals surface area contributed by atoms with E-state index in [1.54, 1.807) is 12.3 Å². The lowest BCUT2D eigenvalue weighted by molar-refractivity contribution is 0.263. The summed E-state index contributed by atoms with van der Waals surface area (Å²) >= 11 is 5.64. The van der Waals surface area contributed by atoms with E-state index in [4.69, 9.17) is 16.7 Å². The van der Waals surface area contributed by atoms with Gasteiger partial charge >= 0.3 is 0 Å². The maximum Gasteiger partial charge on any atom is 0.224 e. The average molecular weight is 214 g/mol. The summed E-state index contributed by atoms with van der Waals surface area (Å²) in [6.45, 7) is 0.131. The number of rotatable bonds is 4. The van der Waals surface area contributed by atoms with Gasteiger partial charge < -0.3 is 10.4 Å². The molecule has 2 N–H and O–H groups in total. The van der Waals surface area contributed by atoms with Gasteiger partial charge in [0.1, 0.15) is 5.82 Å². The van der Waals surface area contributed by atoms with Crippen LogP contribution in [0, 0.1) is 5.92 Å². The number of nitrogens with one attached hydrogen (secondary N) is 1. The van der Waals surface area contributed by atoms with E-state index in [2.05, 4.69) is 15.3 Å². The molecule has 76 valence electrons. The summed E-state index contributed by atoms with van der Waals surface area (Å²) in [7, 11) is 0. The molecule has 5 heteroatoms. The zero-order chi connectivity index (χ0) is 9.97. The molecule has 0 aromatic carbocycles. The second-order valence-corrected chi connectivity index (χ2v) is 3.82. The third kappa shape index (κ3) is 2.33. The first-order valence-corrected chi connectivity index (χ1v) is 5.03. The van der Waals surface area contributed by atoms with E-state index in [0.29, 0.717) is 11.7 Å². The average Bonchev–Trinajstić information content (AvgIpc) is 2.97. The predicted molar refractivity (Wildman–Crippen MR) is 54.3 cm³/mol. The molecule has 1 aliphatic rings. The van der Waals surface area contributed by atoms with Crippen LogP contribution in [0.15, 0.2) is 12.3 Å². The lowest BCUT2D eigenvalue weighted by Crippen LogP contribution is -2.26. The molecule has 0 saturated heterocycles. The van der Waals surface area contributed by atoms with Gasteiger partial charge in [-0.05, 0) is 36.4 Å². The summed E-state index contributed by atoms with van der Waals surface area (Å²) in [5.41, 5.74) is 0. The molecule has 1 saturated carbocycles. The van der Waals surface area contributed by atoms with Gasteiger partial charge in [-0.15, -0.1) is 0 Å². The molecule has 1 unspecified atom stereocenters. The minimum Gasteiger partial charge on any atom is -0.394 e. The fourth-order valence-corrected chi connectivity index (χ4v) is 1.56. The van der Waals surface area contributed by atoms with E-state index in [0.717, 1.165) is 0 Å². The van der Waals surface area contributed by atoms with Gasteiger partial charge in [0, 0.05) is 6.20 Å². The zero-order valence-electron chi connectivity index (χ0n) is 7.65. The minimum atomic E-state index is 0.0981. The van der Waals surface area contributed by atoms with Crippen molar-refractivity contribution in [1.29, 1.82) is 0 Å². The van der Waals surface area contributed by atoms with Crippen LogP contribution < -0.4 is 5.32 Å². The standard InChI is InChI=1S/C9H12ClN3O/c10-9-11-4-3-8(13-9)12-7(5-14)6-1-2-6/h3-4,6-7,14H,1-2,5H2,(H,11,12,13). The van der Waals surface area contributed by atoms with Crippen LogP contribution in [0.4, 0.5) is 5.82 Å². The summed E-state index contributed by atoms with van der Waals surface area (Å²) < 4.78 is 0. The van der Waals surface area contributed by atoms with Crippen LogP contribution in [-0.4, -0.2) is 27.7 Å². The lowest BCUT2D eigenvalue weighted by atomic mass is 10.2. The number of hydrogen-bond acceptors (Lipinski definition) is 4. The Hall–Kier alpha value is -0.870. The van der Waals surface area contributed by atoms with Gasteiger partial charge in [0.25, 0.3) is 0 Å². The van der Waals surface area contributed by atoms with Crippen molar-refractivity contribution >= 4 is 17.4 Å². The molecule has 1 aromatic heterocycles. The monoisotopic (exact) mass is 213 g/mol. The van der Waals surface area contributed by atoms with Crippen molar-refractivity contribution in [3.05, 3.63) is 17.5 Å². The lowest BCUT2D eigenvalue weighted by Gasteiger charge is -2.15. The highest BCUT2D eigenvalue weighted by Gasteiger charge is 2.30. The molecule has 0 bridgehead atoms. The van der Waals surface area contributed by atoms with Gasteiger partial charge in [-0.25, -0.2) is 9.97 Å². The number of anilines is 1. The van der Waals surface area contributed by atoms with Crippen molar-refractivity contribution in [3.8, 4) is 0 Å². The minimum absolute atomic E-state index is 0.0981. The van der Waals surface area contributed by atoms with Gasteiger partial charge in [-0.1, -0.05) is 0 Å². The van der Waals surface area contributed by atoms with E-state index in [1.807, 2.05) is 0 Å². The Bertz CT molecular complexity index is 317. The second kappa shape index (κ2) is 4.11. The molecule has 0 radical (unpaired) electrons. The molecule has 1 aliphatic carbocycles. The van der Waals surface area contributed by atoms with Crippen LogP contribution in [0.25, 0.3) is 0 Å². The first-order valence-electron chi connectivity index (χ1n) is 4.65. The highest BCUT2D eigenvalue weighted by Crippen LogP contribution is 2.33. The van der Waals surface area contributed by atoms with Crippen LogP contribution in [0.2, 0.25) is 5.28 Å². The number of hydrogen-bond donors (Lipinski definition) is 2. The fraction of sp³-hybridized carbons (Fsp3) is 0.556. The van der Waals surface area contributed by atoms with Gasteiger partial charge in [0.05, 0.1) is 12.6 Å². The maximum atomic E-state index is 9.13. The summed E-state index contributed by atoms with van der Waals surface area (Å²) in [5.74, 6) is 1.25. The molecule has 0 spiro atoms. The molecule has 0 aliphatic heterocycles. The number of nitrogens with zero attached hydrogens (tertiary/aromatic N) is 2. The highest BCUT2D eigenvalue weighted by atomic mass is 35.5. The smallest absolute Gasteiger partial charge is 0.224 e. The third-order valence-corrected chi connectivity index (χ3v) is 2.53. The van der Waals surface area contributed by atoms with E-state index in [9.17, 15) is 0 Å². The molecular formula is C9H12ClN3O. The molecule has 1 aromatic rings. The molecule has 0 amide bonds. The van der Waals surface area contributed by atoms with Crippen molar-refractivity contribution in [2.24, 2.45) is 5.92 Å². The Labute approximate surface area is 87.3 Å². The largest absolute Gasteiger partial charge is 0.394 e. The zero-order valence-corrected chi connectivity index (χ0v) is 8.41. The van der Waals surface area contributed by atoms with Crippen molar-refractivity contribution in [3.63, 3.8) is 0 Å². The predicted octanol–water partition coefficient (Wildman–Crippen LogP) is 1.31. The Morgan fingerprint density at radius 1 is 1.64 bits per heavy atom. The summed E-state index contributed by atoms with van der Waals surface area (Å²) in [6.07, 6.45) is 3.95. The summed E-state index contributed by atoms with van der Waals surface area (Å²) in [5, 5.41) is 12.5. The molecule has 1 fully saturated rings. The summed E-state index contributed by atoms with van der Waals surface area (Å²) in [4.78, 5) is 7.79. The van der Waals surface area contributed by atoms with E-state index >= 15 is 0 Å². The van der Waals surface area contributed by atoms with Crippen LogP contribution in [0.1, 0.15) is 12.8 Å². The number of aliphatic hydroxyl groups is 1. The summed E-state index contributed by atoms with van der Waals surface area (Å²) in [6, 6.07) is 1.85. The molecule has 4 nitrogen and oxygen atoms in total. The number of aromatic nitrogens is 2. The Kier molecular flexibility index (Phi) is 2.84. The fourth-order valence-electron chi connectivity index (χ4n) is 1.42. The SMILES string of the molecule is OCC(Nc1ccnc(Cl)n1)C1CC1. The molecule has 1 heterocycles. The number of halogens is 1. The van der Waals surface area contributed by atoms with Crippen LogP contribution in [0.5, 0.6) is 0 Å². The van der Waals surface area contributed by atoms with E-state index in [1.165, 1.54) is 12.8 Å². The van der Waals surface area contributed by atoms with E-state index < -0.39 is 0 Å². The molecule has 1 atom stereocenters. The topological polar surface area (TPSA) is 58.0 Å². The highest BCUT2D eigenvalue weighted by molar-refractivity contribution is 6.28. The van der Waals surface area contributed by atoms with Crippen molar-refractivity contribution in [1.82, 2.24) is 9.97 Å². The van der Waals surface area contributed by atoms with Gasteiger partial charge in [0.15, 0.2) is 0 Å². The third-order valence-electron chi connectivity index (χ3n) is 2.35. The normalized spacial score (nSPS) is 17.9. The van der Waals surface area contributed by atoms with Crippen molar-refractivity contribution in [2.75, 3.05) is 11.9 Å². The Morgan fingerprint density at radius 2 is 2.43 bits per heavy atom. The molecule has 14 heavy (non-hydrogen) atoms. The molecular weight excluding hydrogens is 202 g/mol. The van der Waals surface area contributed by atoms with Crippen LogP contribution in [-0.2, 0) is 0 Å². The second-order valence-electron chi connectivity index (χ2n) is 3.48. The van der Waals surface area contributed by atoms with Crippen molar-refractivity contribution in [2.45, 2.75) is 18.9 Å². The van der Waals surface area contributed by atoms with Gasteiger partial charge in [-0.2, -0.15) is 0 Å².